The second-order valence-electron chi connectivity index (χ2n) is 3.65. The van der Waals surface area contributed by atoms with Crippen LogP contribution in [0, 0.1) is 5.92 Å². The summed E-state index contributed by atoms with van der Waals surface area (Å²) < 4.78 is 0. The van der Waals surface area contributed by atoms with Crippen molar-refractivity contribution in [3.05, 3.63) is 0 Å². The first kappa shape index (κ1) is 9.52. The minimum absolute atomic E-state index is 0.591. The molecular formula is C9H17NO2. The van der Waals surface area contributed by atoms with Crippen LogP contribution in [0.25, 0.3) is 0 Å². The summed E-state index contributed by atoms with van der Waals surface area (Å²) in [4.78, 5) is 11.0. The molecule has 12 heavy (non-hydrogen) atoms. The molecule has 0 radical (unpaired) electrons. The van der Waals surface area contributed by atoms with Gasteiger partial charge in [0.2, 0.25) is 0 Å². The molecule has 0 spiro atoms. The summed E-state index contributed by atoms with van der Waals surface area (Å²) in [6.07, 6.45) is 3.70. The van der Waals surface area contributed by atoms with Crippen LogP contribution in [0.3, 0.4) is 0 Å². The van der Waals surface area contributed by atoms with E-state index in [0.29, 0.717) is 5.92 Å². The lowest BCUT2D eigenvalue weighted by atomic mass is 9.95. The fraction of sp³-hybridized carbons (Fsp3) is 0.889. The van der Waals surface area contributed by atoms with Crippen molar-refractivity contribution in [1.29, 1.82) is 0 Å². The second kappa shape index (κ2) is 3.44. The van der Waals surface area contributed by atoms with Crippen molar-refractivity contribution in [3.63, 3.8) is 0 Å². The highest BCUT2D eigenvalue weighted by atomic mass is 16.4. The van der Waals surface area contributed by atoms with E-state index in [-0.39, 0.29) is 0 Å². The quantitative estimate of drug-likeness (QED) is 0.671. The third kappa shape index (κ3) is 1.46. The van der Waals surface area contributed by atoms with Crippen molar-refractivity contribution < 1.29 is 9.90 Å². The molecule has 1 aliphatic carbocycles. The summed E-state index contributed by atoms with van der Waals surface area (Å²) in [6, 6.07) is 0. The third-order valence-corrected chi connectivity index (χ3v) is 3.08. The monoisotopic (exact) mass is 171 g/mol. The molecule has 0 aromatic heterocycles. The number of hydrogen-bond acceptors (Lipinski definition) is 2. The van der Waals surface area contributed by atoms with E-state index in [0.717, 1.165) is 25.7 Å². The fourth-order valence-electron chi connectivity index (χ4n) is 2.02. The Morgan fingerprint density at radius 2 is 2.42 bits per heavy atom. The number of rotatable bonds is 3. The van der Waals surface area contributed by atoms with Crippen LogP contribution in [0.1, 0.15) is 32.6 Å². The van der Waals surface area contributed by atoms with E-state index in [4.69, 9.17) is 5.11 Å². The van der Waals surface area contributed by atoms with Crippen molar-refractivity contribution in [2.24, 2.45) is 5.92 Å². The van der Waals surface area contributed by atoms with Crippen LogP contribution >= 0.6 is 0 Å². The molecule has 0 aromatic rings. The summed E-state index contributed by atoms with van der Waals surface area (Å²) in [5, 5.41) is 12.0. The van der Waals surface area contributed by atoms with E-state index in [1.54, 1.807) is 7.05 Å². The van der Waals surface area contributed by atoms with Gasteiger partial charge in [-0.1, -0.05) is 13.3 Å². The highest BCUT2D eigenvalue weighted by Crippen LogP contribution is 2.36. The maximum Gasteiger partial charge on any atom is 0.323 e. The fourth-order valence-corrected chi connectivity index (χ4v) is 2.02. The molecule has 0 aromatic carbocycles. The van der Waals surface area contributed by atoms with Gasteiger partial charge in [-0.3, -0.25) is 4.79 Å². The zero-order chi connectivity index (χ0) is 9.19. The maximum absolute atomic E-state index is 11.0. The molecular weight excluding hydrogens is 154 g/mol. The van der Waals surface area contributed by atoms with E-state index < -0.39 is 11.5 Å². The molecule has 2 unspecified atom stereocenters. The van der Waals surface area contributed by atoms with Gasteiger partial charge in [0.05, 0.1) is 0 Å². The van der Waals surface area contributed by atoms with E-state index in [1.807, 2.05) is 0 Å². The Morgan fingerprint density at radius 3 is 2.67 bits per heavy atom. The number of hydrogen-bond donors (Lipinski definition) is 2. The lowest BCUT2D eigenvalue weighted by molar-refractivity contribution is -0.144. The van der Waals surface area contributed by atoms with Crippen LogP contribution in [0.4, 0.5) is 0 Å². The maximum atomic E-state index is 11.0. The molecule has 1 saturated carbocycles. The molecule has 0 saturated heterocycles. The Labute approximate surface area is 73.2 Å². The lowest BCUT2D eigenvalue weighted by Crippen LogP contribution is -2.48. The van der Waals surface area contributed by atoms with Crippen LogP contribution < -0.4 is 5.32 Å². The molecule has 70 valence electrons. The molecule has 3 heteroatoms. The van der Waals surface area contributed by atoms with Crippen LogP contribution in [-0.4, -0.2) is 23.7 Å². The predicted molar refractivity (Wildman–Crippen MR) is 47.1 cm³/mol. The van der Waals surface area contributed by atoms with Gasteiger partial charge in [0, 0.05) is 0 Å². The van der Waals surface area contributed by atoms with Gasteiger partial charge in [-0.2, -0.15) is 0 Å². The summed E-state index contributed by atoms with van der Waals surface area (Å²) in [5.41, 5.74) is -0.624. The minimum Gasteiger partial charge on any atom is -0.480 e. The molecule has 2 atom stereocenters. The van der Waals surface area contributed by atoms with Gasteiger partial charge in [-0.25, -0.2) is 0 Å². The Kier molecular flexibility index (Phi) is 2.73. The Morgan fingerprint density at radius 1 is 1.75 bits per heavy atom. The summed E-state index contributed by atoms with van der Waals surface area (Å²) >= 11 is 0. The van der Waals surface area contributed by atoms with Gasteiger partial charge in [0.15, 0.2) is 0 Å². The average Bonchev–Trinajstić information content (AvgIpc) is 2.48. The number of nitrogens with one attached hydrogen (secondary N) is 1. The van der Waals surface area contributed by atoms with Gasteiger partial charge in [0.25, 0.3) is 0 Å². The van der Waals surface area contributed by atoms with Crippen LogP contribution in [0.2, 0.25) is 0 Å². The molecule has 0 heterocycles. The Balaban J connectivity index is 2.66. The number of carboxylic acids is 1. The Hall–Kier alpha value is -0.570. The van der Waals surface area contributed by atoms with Crippen molar-refractivity contribution in [2.75, 3.05) is 7.05 Å². The number of aliphatic carboxylic acids is 1. The second-order valence-corrected chi connectivity index (χ2v) is 3.65. The van der Waals surface area contributed by atoms with Gasteiger partial charge in [0.1, 0.15) is 5.54 Å². The van der Waals surface area contributed by atoms with Crippen LogP contribution in [-0.2, 0) is 4.79 Å². The van der Waals surface area contributed by atoms with E-state index in [9.17, 15) is 4.79 Å². The van der Waals surface area contributed by atoms with Crippen LogP contribution in [0.5, 0.6) is 0 Å². The third-order valence-electron chi connectivity index (χ3n) is 3.08. The van der Waals surface area contributed by atoms with Gasteiger partial charge in [-0.05, 0) is 32.2 Å². The van der Waals surface area contributed by atoms with Crippen molar-refractivity contribution in [1.82, 2.24) is 5.32 Å². The summed E-state index contributed by atoms with van der Waals surface area (Å²) in [6.45, 7) is 2.12. The first-order valence-electron chi connectivity index (χ1n) is 4.57. The molecule has 1 fully saturated rings. The molecule has 3 nitrogen and oxygen atoms in total. The normalized spacial score (nSPS) is 35.3. The number of carboxylic acid groups (broad SMARTS) is 1. The smallest absolute Gasteiger partial charge is 0.323 e. The first-order chi connectivity index (χ1) is 5.64. The molecule has 1 rings (SSSR count). The Bertz CT molecular complexity index is 181. The molecule has 0 bridgehead atoms. The highest BCUT2D eigenvalue weighted by Gasteiger charge is 2.43. The molecule has 0 aliphatic heterocycles. The predicted octanol–water partition coefficient (Wildman–Crippen LogP) is 1.24. The van der Waals surface area contributed by atoms with E-state index >= 15 is 0 Å². The van der Waals surface area contributed by atoms with E-state index in [1.165, 1.54) is 0 Å². The van der Waals surface area contributed by atoms with Crippen LogP contribution in [0.15, 0.2) is 0 Å². The topological polar surface area (TPSA) is 49.3 Å². The first-order valence-corrected chi connectivity index (χ1v) is 4.57. The van der Waals surface area contributed by atoms with Gasteiger partial charge < -0.3 is 10.4 Å². The minimum atomic E-state index is -0.694. The summed E-state index contributed by atoms with van der Waals surface area (Å²) in [7, 11) is 1.74. The average molecular weight is 171 g/mol. The van der Waals surface area contributed by atoms with Gasteiger partial charge >= 0.3 is 5.97 Å². The van der Waals surface area contributed by atoms with Gasteiger partial charge in [-0.15, -0.1) is 0 Å². The van der Waals surface area contributed by atoms with Crippen molar-refractivity contribution in [2.45, 2.75) is 38.1 Å². The highest BCUT2D eigenvalue weighted by molar-refractivity contribution is 5.79. The number of likely N-dealkylation sites (N-methyl/N-ethyl adjacent to an activating group) is 1. The molecule has 1 aliphatic rings. The number of carbonyl (C=O) groups is 1. The SMILES string of the molecule is CCC1CCC(NC)(C(=O)O)C1. The molecule has 2 N–H and O–H groups in total. The van der Waals surface area contributed by atoms with Crippen molar-refractivity contribution >= 4 is 5.97 Å². The standard InChI is InChI=1S/C9H17NO2/c1-3-7-4-5-9(6-7,10-2)8(11)12/h7,10H,3-6H2,1-2H3,(H,11,12). The zero-order valence-corrected chi connectivity index (χ0v) is 7.76. The van der Waals surface area contributed by atoms with E-state index in [2.05, 4.69) is 12.2 Å². The zero-order valence-electron chi connectivity index (χ0n) is 7.76. The van der Waals surface area contributed by atoms with Crippen molar-refractivity contribution in [3.8, 4) is 0 Å². The lowest BCUT2D eigenvalue weighted by Gasteiger charge is -2.23. The summed E-state index contributed by atoms with van der Waals surface area (Å²) in [5.74, 6) is -0.102. The molecule has 0 amide bonds. The largest absolute Gasteiger partial charge is 0.480 e.